The van der Waals surface area contributed by atoms with Crippen LogP contribution in [-0.2, 0) is 57.8 Å². The van der Waals surface area contributed by atoms with Gasteiger partial charge in [0.15, 0.2) is 0 Å². The van der Waals surface area contributed by atoms with Gasteiger partial charge in [0.1, 0.15) is 0 Å². The van der Waals surface area contributed by atoms with Crippen molar-refractivity contribution in [1.29, 1.82) is 0 Å². The summed E-state index contributed by atoms with van der Waals surface area (Å²) in [7, 11) is 0. The Labute approximate surface area is 472 Å². The zero-order valence-electron chi connectivity index (χ0n) is 46.7. The molecular formula is C74H74N6. The Morgan fingerprint density at radius 3 is 0.787 bits per heavy atom. The second kappa shape index (κ2) is 21.4. The highest BCUT2D eigenvalue weighted by Gasteiger charge is 2.28. The van der Waals surface area contributed by atoms with Gasteiger partial charge in [-0.2, -0.15) is 0 Å². The van der Waals surface area contributed by atoms with Crippen LogP contribution in [-0.4, -0.2) is 29.9 Å². The molecule has 0 aliphatic heterocycles. The molecule has 6 nitrogen and oxygen atoms in total. The van der Waals surface area contributed by atoms with Crippen molar-refractivity contribution >= 4 is 65.4 Å². The molecular weight excluding hydrogens is 973 g/mol. The molecule has 3 aliphatic carbocycles. The van der Waals surface area contributed by atoms with Crippen molar-refractivity contribution in [2.75, 3.05) is 0 Å². The van der Waals surface area contributed by atoms with Crippen molar-refractivity contribution in [3.05, 3.63) is 211 Å². The van der Waals surface area contributed by atoms with Gasteiger partial charge < -0.3 is 0 Å². The van der Waals surface area contributed by atoms with Gasteiger partial charge in [-0.3, -0.25) is 0 Å². The van der Waals surface area contributed by atoms with E-state index in [-0.39, 0.29) is 14.9 Å². The second-order valence-electron chi connectivity index (χ2n) is 22.2. The highest BCUT2D eigenvalue weighted by Crippen LogP contribution is 2.42. The molecule has 0 unspecified atom stereocenters. The van der Waals surface area contributed by atoms with E-state index < -0.39 is 0 Å². The maximum absolute atomic E-state index is 5.14. The summed E-state index contributed by atoms with van der Waals surface area (Å²) in [4.78, 5) is 30.7. The van der Waals surface area contributed by atoms with Gasteiger partial charge in [0.05, 0.1) is 67.3 Å². The summed E-state index contributed by atoms with van der Waals surface area (Å²) < 4.78 is 0. The van der Waals surface area contributed by atoms with E-state index in [4.69, 9.17) is 29.9 Å². The highest BCUT2D eigenvalue weighted by atomic mass is 14.8. The minimum atomic E-state index is 0. The van der Waals surface area contributed by atoms with Crippen molar-refractivity contribution < 1.29 is 0 Å². The van der Waals surface area contributed by atoms with Crippen LogP contribution < -0.4 is 0 Å². The van der Waals surface area contributed by atoms with E-state index in [1.165, 1.54) is 116 Å². The number of fused-ring (bicyclic) bond motifs is 15. The summed E-state index contributed by atoms with van der Waals surface area (Å²) in [5, 5.41) is 7.64. The number of pyridine rings is 6. The fourth-order valence-corrected chi connectivity index (χ4v) is 13.4. The molecule has 80 heavy (non-hydrogen) atoms. The van der Waals surface area contributed by atoms with Crippen LogP contribution >= 0.6 is 0 Å². The van der Waals surface area contributed by atoms with Crippen LogP contribution in [0.25, 0.3) is 99.6 Å². The van der Waals surface area contributed by atoms with E-state index in [1.54, 1.807) is 0 Å². The zero-order valence-corrected chi connectivity index (χ0v) is 46.7. The van der Waals surface area contributed by atoms with Crippen molar-refractivity contribution in [3.63, 3.8) is 0 Å². The lowest BCUT2D eigenvalue weighted by atomic mass is 9.86. The number of para-hydroxylation sites is 6. The molecule has 6 aromatic carbocycles. The number of rotatable bonds is 3. The summed E-state index contributed by atoms with van der Waals surface area (Å²) in [6.45, 7) is 19.7. The Morgan fingerprint density at radius 1 is 0.287 bits per heavy atom. The standard InChI is InChI=1S/3C24H22N2.2CH4/c3*1-4-18-19-10-6-8-15(3)22(19)26-24-20(18)12-11-17-13-16-9-5-7-14(2)21(16)25-23(17)24;;/h3*5-10,13H,4,11-12H2,1-3H3;2*1H4. The lowest BCUT2D eigenvalue weighted by Gasteiger charge is -2.23. The van der Waals surface area contributed by atoms with Crippen molar-refractivity contribution in [1.82, 2.24) is 29.9 Å². The van der Waals surface area contributed by atoms with E-state index >= 15 is 0 Å². The fourth-order valence-electron chi connectivity index (χ4n) is 13.4. The smallest absolute Gasteiger partial charge is 0.0931 e. The van der Waals surface area contributed by atoms with Crippen molar-refractivity contribution in [2.24, 2.45) is 0 Å². The molecule has 0 bridgehead atoms. The molecule has 12 aromatic rings. The topological polar surface area (TPSA) is 77.3 Å². The van der Waals surface area contributed by atoms with Crippen LogP contribution in [0.4, 0.5) is 0 Å². The first-order valence-corrected chi connectivity index (χ1v) is 28.4. The third kappa shape index (κ3) is 8.88. The molecule has 0 saturated carbocycles. The van der Waals surface area contributed by atoms with Crippen molar-refractivity contribution in [3.8, 4) is 34.2 Å². The molecule has 0 atom stereocenters. The molecule has 6 aromatic heterocycles. The van der Waals surface area contributed by atoms with E-state index in [0.29, 0.717) is 0 Å². The van der Waals surface area contributed by atoms with E-state index in [2.05, 4.69) is 190 Å². The molecule has 0 radical (unpaired) electrons. The number of aromatic nitrogens is 6. The Balaban J connectivity index is 0.000000125. The lowest BCUT2D eigenvalue weighted by molar-refractivity contribution is 0.899. The summed E-state index contributed by atoms with van der Waals surface area (Å²) in [5.74, 6) is 0. The van der Waals surface area contributed by atoms with Gasteiger partial charge in [-0.15, -0.1) is 0 Å². The molecule has 0 saturated heterocycles. The molecule has 15 rings (SSSR count). The average Bonchev–Trinajstić information content (AvgIpc) is 3.48. The first-order valence-electron chi connectivity index (χ1n) is 28.4. The monoisotopic (exact) mass is 1050 g/mol. The minimum Gasteiger partial charge on any atom is -0.246 e. The third-order valence-corrected chi connectivity index (χ3v) is 17.4. The van der Waals surface area contributed by atoms with Gasteiger partial charge in [-0.1, -0.05) is 145 Å². The van der Waals surface area contributed by atoms with E-state index in [9.17, 15) is 0 Å². The number of hydrogen-bond acceptors (Lipinski definition) is 6. The predicted molar refractivity (Wildman–Crippen MR) is 340 cm³/mol. The quantitative estimate of drug-likeness (QED) is 0.175. The maximum Gasteiger partial charge on any atom is 0.0931 e. The molecule has 400 valence electrons. The molecule has 0 spiro atoms. The SMILES string of the molecule is C.C.CCc1c2c(nc3c(C)cccc13)-c1nc3c(C)cccc3cc1CC2.CCc1c2c(nc3c(C)cccc13)-c1nc3c(C)cccc3cc1CC2.CCc1c2c(nc3c(C)cccc13)-c1nc3c(C)cccc3cc1CC2. The Hall–Kier alpha value is -8.22. The first kappa shape index (κ1) is 53.8. The molecule has 6 heteroatoms. The van der Waals surface area contributed by atoms with Gasteiger partial charge in [-0.25, -0.2) is 29.9 Å². The molecule has 0 N–H and O–H groups in total. The first-order chi connectivity index (χ1) is 38.0. The maximum atomic E-state index is 5.14. The fraction of sp³-hybridized carbons (Fsp3) is 0.270. The summed E-state index contributed by atoms with van der Waals surface area (Å²) in [6, 6.07) is 45.8. The second-order valence-corrected chi connectivity index (χ2v) is 22.2. The molecule has 0 fully saturated rings. The van der Waals surface area contributed by atoms with Gasteiger partial charge in [0.2, 0.25) is 0 Å². The zero-order chi connectivity index (χ0) is 53.5. The summed E-state index contributed by atoms with van der Waals surface area (Å²) >= 11 is 0. The molecule has 0 amide bonds. The number of hydrogen-bond donors (Lipinski definition) is 0. The van der Waals surface area contributed by atoms with Crippen LogP contribution in [0.3, 0.4) is 0 Å². The van der Waals surface area contributed by atoms with Crippen LogP contribution in [0.15, 0.2) is 127 Å². The minimum absolute atomic E-state index is 0. The number of benzene rings is 6. The summed E-state index contributed by atoms with van der Waals surface area (Å²) in [5.41, 5.74) is 33.2. The Bertz CT molecular complexity index is 4020. The van der Waals surface area contributed by atoms with Gasteiger partial charge in [0, 0.05) is 32.3 Å². The average molecular weight is 1050 g/mol. The largest absolute Gasteiger partial charge is 0.246 e. The van der Waals surface area contributed by atoms with E-state index in [1.807, 2.05) is 0 Å². The van der Waals surface area contributed by atoms with Gasteiger partial charge >= 0.3 is 0 Å². The summed E-state index contributed by atoms with van der Waals surface area (Å²) in [6.07, 6.45) is 9.41. The van der Waals surface area contributed by atoms with Crippen LogP contribution in [0.1, 0.15) is 119 Å². The van der Waals surface area contributed by atoms with Crippen molar-refractivity contribution in [2.45, 2.75) is 135 Å². The third-order valence-electron chi connectivity index (χ3n) is 17.4. The van der Waals surface area contributed by atoms with Gasteiger partial charge in [-0.05, 0) is 201 Å². The van der Waals surface area contributed by atoms with Gasteiger partial charge in [0.25, 0.3) is 0 Å². The predicted octanol–water partition coefficient (Wildman–Crippen LogP) is 18.5. The molecule has 3 aliphatic rings. The number of aryl methyl sites for hydroxylation is 12. The van der Waals surface area contributed by atoms with Crippen LogP contribution in [0.5, 0.6) is 0 Å². The highest BCUT2D eigenvalue weighted by molar-refractivity contribution is 5.95. The van der Waals surface area contributed by atoms with Crippen LogP contribution in [0.2, 0.25) is 0 Å². The molecule has 6 heterocycles. The van der Waals surface area contributed by atoms with E-state index in [0.717, 1.165) is 125 Å². The Kier molecular flexibility index (Phi) is 14.4. The number of nitrogens with zero attached hydrogens (tertiary/aromatic N) is 6. The lowest BCUT2D eigenvalue weighted by Crippen LogP contribution is -2.11. The Morgan fingerprint density at radius 2 is 0.525 bits per heavy atom. The normalized spacial score (nSPS) is 12.7. The van der Waals surface area contributed by atoms with Crippen LogP contribution in [0, 0.1) is 41.5 Å².